The molecule has 0 unspecified atom stereocenters. The number of likely N-dealkylation sites (tertiary alicyclic amines) is 1. The van der Waals surface area contributed by atoms with Crippen molar-refractivity contribution in [3.63, 3.8) is 0 Å². The zero-order valence-corrected chi connectivity index (χ0v) is 14.7. The van der Waals surface area contributed by atoms with Crippen LogP contribution >= 0.6 is 0 Å². The second-order valence-corrected chi connectivity index (χ2v) is 7.00. The molecule has 2 aliphatic heterocycles. The Morgan fingerprint density at radius 1 is 1.25 bits per heavy atom. The van der Waals surface area contributed by atoms with Gasteiger partial charge in [-0.1, -0.05) is 6.07 Å². The molecule has 1 amide bonds. The molecular formula is C19H29N3O2. The quantitative estimate of drug-likeness (QED) is 0.850. The highest BCUT2D eigenvalue weighted by molar-refractivity contribution is 5.81. The van der Waals surface area contributed by atoms with Crippen LogP contribution in [0.25, 0.3) is 0 Å². The van der Waals surface area contributed by atoms with E-state index in [4.69, 9.17) is 4.74 Å². The lowest BCUT2D eigenvalue weighted by atomic mass is 10.1. The van der Waals surface area contributed by atoms with Gasteiger partial charge in [-0.3, -0.25) is 14.7 Å². The summed E-state index contributed by atoms with van der Waals surface area (Å²) in [6, 6.07) is 6.57. The zero-order valence-electron chi connectivity index (χ0n) is 14.7. The average molecular weight is 331 g/mol. The Kier molecular flexibility index (Phi) is 6.21. The van der Waals surface area contributed by atoms with Gasteiger partial charge in [-0.25, -0.2) is 0 Å². The number of aromatic nitrogens is 1. The van der Waals surface area contributed by atoms with E-state index in [0.29, 0.717) is 6.04 Å². The fraction of sp³-hybridized carbons (Fsp3) is 0.684. The van der Waals surface area contributed by atoms with Crippen LogP contribution in [0, 0.1) is 0 Å². The van der Waals surface area contributed by atoms with E-state index in [0.717, 1.165) is 70.5 Å². The van der Waals surface area contributed by atoms with Crippen molar-refractivity contribution < 1.29 is 9.53 Å². The van der Waals surface area contributed by atoms with E-state index < -0.39 is 0 Å². The highest BCUT2D eigenvalue weighted by Gasteiger charge is 2.29. The van der Waals surface area contributed by atoms with Crippen molar-refractivity contribution in [2.75, 3.05) is 26.7 Å². The van der Waals surface area contributed by atoms with Crippen molar-refractivity contribution in [3.8, 4) is 0 Å². The normalized spacial score (nSPS) is 25.5. The summed E-state index contributed by atoms with van der Waals surface area (Å²) in [5.41, 5.74) is 1.10. The van der Waals surface area contributed by atoms with Gasteiger partial charge in [0.1, 0.15) is 6.10 Å². The van der Waals surface area contributed by atoms with Crippen LogP contribution < -0.4 is 0 Å². The predicted molar refractivity (Wildman–Crippen MR) is 93.5 cm³/mol. The van der Waals surface area contributed by atoms with E-state index in [1.807, 2.05) is 23.2 Å². The first-order chi connectivity index (χ1) is 11.7. The van der Waals surface area contributed by atoms with E-state index in [-0.39, 0.29) is 12.0 Å². The maximum absolute atomic E-state index is 12.7. The molecule has 2 atom stereocenters. The minimum Gasteiger partial charge on any atom is -0.368 e. The van der Waals surface area contributed by atoms with Crippen molar-refractivity contribution in [2.45, 2.75) is 57.2 Å². The van der Waals surface area contributed by atoms with Crippen LogP contribution in [0.5, 0.6) is 0 Å². The number of carbonyl (C=O) groups excluding carboxylic acids is 1. The molecule has 3 heterocycles. The van der Waals surface area contributed by atoms with E-state index in [1.165, 1.54) is 0 Å². The van der Waals surface area contributed by atoms with Gasteiger partial charge in [0.05, 0.1) is 5.69 Å². The summed E-state index contributed by atoms with van der Waals surface area (Å²) in [5.74, 6) is 0.211. The first kappa shape index (κ1) is 17.4. The first-order valence-electron chi connectivity index (χ1n) is 9.24. The van der Waals surface area contributed by atoms with Crippen molar-refractivity contribution in [3.05, 3.63) is 30.1 Å². The fourth-order valence-corrected chi connectivity index (χ4v) is 3.76. The van der Waals surface area contributed by atoms with Crippen LogP contribution in [-0.2, 0) is 16.1 Å². The maximum Gasteiger partial charge on any atom is 0.251 e. The topological polar surface area (TPSA) is 45.7 Å². The molecule has 132 valence electrons. The van der Waals surface area contributed by atoms with Crippen molar-refractivity contribution in [1.82, 2.24) is 14.8 Å². The number of pyridine rings is 1. The summed E-state index contributed by atoms with van der Waals surface area (Å²) in [6.07, 6.45) is 7.97. The smallest absolute Gasteiger partial charge is 0.251 e. The van der Waals surface area contributed by atoms with Crippen molar-refractivity contribution in [2.24, 2.45) is 0 Å². The number of nitrogens with zero attached hydrogens (tertiary/aromatic N) is 3. The van der Waals surface area contributed by atoms with Gasteiger partial charge in [-0.15, -0.1) is 0 Å². The van der Waals surface area contributed by atoms with Gasteiger partial charge in [0, 0.05) is 38.5 Å². The van der Waals surface area contributed by atoms with E-state index >= 15 is 0 Å². The maximum atomic E-state index is 12.7. The second kappa shape index (κ2) is 8.58. The summed E-state index contributed by atoms with van der Waals surface area (Å²) in [4.78, 5) is 21.5. The minimum atomic E-state index is -0.193. The molecule has 5 heteroatoms. The summed E-state index contributed by atoms with van der Waals surface area (Å²) in [5, 5.41) is 0. The zero-order chi connectivity index (χ0) is 16.8. The predicted octanol–water partition coefficient (Wildman–Crippen LogP) is 2.46. The van der Waals surface area contributed by atoms with Crippen LogP contribution in [0.15, 0.2) is 24.4 Å². The largest absolute Gasteiger partial charge is 0.368 e. The van der Waals surface area contributed by atoms with Crippen LogP contribution in [0.2, 0.25) is 0 Å². The minimum absolute atomic E-state index is 0.193. The molecule has 3 rings (SSSR count). The standard InChI is InChI=1S/C19H29N3O2/c1-21(15-16-7-2-4-11-20-16)17-8-6-12-22(13-10-17)19(23)18-9-3-5-14-24-18/h2,4,7,11,17-18H,3,5-6,8-10,12-15H2,1H3/t17-,18-/m0/s1. The lowest BCUT2D eigenvalue weighted by molar-refractivity contribution is -0.146. The van der Waals surface area contributed by atoms with Gasteiger partial charge in [-0.2, -0.15) is 0 Å². The van der Waals surface area contributed by atoms with Gasteiger partial charge < -0.3 is 9.64 Å². The van der Waals surface area contributed by atoms with Crippen LogP contribution in [0.1, 0.15) is 44.2 Å². The molecule has 0 aromatic carbocycles. The molecule has 1 aromatic heterocycles. The van der Waals surface area contributed by atoms with Crippen LogP contribution in [0.3, 0.4) is 0 Å². The summed E-state index contributed by atoms with van der Waals surface area (Å²) in [7, 11) is 2.17. The van der Waals surface area contributed by atoms with Crippen molar-refractivity contribution in [1.29, 1.82) is 0 Å². The number of amides is 1. The Morgan fingerprint density at radius 2 is 2.17 bits per heavy atom. The highest BCUT2D eigenvalue weighted by Crippen LogP contribution is 2.20. The number of carbonyl (C=O) groups is 1. The van der Waals surface area contributed by atoms with Crippen molar-refractivity contribution >= 4 is 5.91 Å². The summed E-state index contributed by atoms with van der Waals surface area (Å²) < 4.78 is 5.68. The molecule has 0 spiro atoms. The molecule has 24 heavy (non-hydrogen) atoms. The molecule has 0 saturated carbocycles. The van der Waals surface area contributed by atoms with Crippen LogP contribution in [-0.4, -0.2) is 59.6 Å². The van der Waals surface area contributed by atoms with Gasteiger partial charge in [-0.05, 0) is 57.7 Å². The lowest BCUT2D eigenvalue weighted by Gasteiger charge is -2.29. The number of ether oxygens (including phenoxy) is 1. The SMILES string of the molecule is CN(Cc1ccccn1)[C@H]1CCCN(C(=O)[C@@H]2CCCCO2)CC1. The molecule has 2 aliphatic rings. The molecule has 0 radical (unpaired) electrons. The number of hydrogen-bond acceptors (Lipinski definition) is 4. The van der Waals surface area contributed by atoms with E-state index in [2.05, 4.69) is 23.0 Å². The van der Waals surface area contributed by atoms with Gasteiger partial charge in [0.2, 0.25) is 0 Å². The Bertz CT molecular complexity index is 517. The third kappa shape index (κ3) is 4.54. The lowest BCUT2D eigenvalue weighted by Crippen LogP contribution is -2.42. The molecule has 1 aromatic rings. The Morgan fingerprint density at radius 3 is 2.92 bits per heavy atom. The third-order valence-electron chi connectivity index (χ3n) is 5.23. The molecule has 5 nitrogen and oxygen atoms in total. The second-order valence-electron chi connectivity index (χ2n) is 7.00. The Labute approximate surface area is 145 Å². The average Bonchev–Trinajstić information content (AvgIpc) is 2.89. The van der Waals surface area contributed by atoms with Crippen LogP contribution in [0.4, 0.5) is 0 Å². The molecule has 0 aliphatic carbocycles. The van der Waals surface area contributed by atoms with Gasteiger partial charge in [0.25, 0.3) is 5.91 Å². The first-order valence-corrected chi connectivity index (χ1v) is 9.24. The third-order valence-corrected chi connectivity index (χ3v) is 5.23. The number of hydrogen-bond donors (Lipinski definition) is 0. The summed E-state index contributed by atoms with van der Waals surface area (Å²) >= 11 is 0. The van der Waals surface area contributed by atoms with E-state index in [1.54, 1.807) is 0 Å². The van der Waals surface area contributed by atoms with E-state index in [9.17, 15) is 4.79 Å². The monoisotopic (exact) mass is 331 g/mol. The van der Waals surface area contributed by atoms with Gasteiger partial charge in [0.15, 0.2) is 0 Å². The molecular weight excluding hydrogens is 302 g/mol. The molecule has 2 saturated heterocycles. The Hall–Kier alpha value is -1.46. The molecule has 0 N–H and O–H groups in total. The summed E-state index contributed by atoms with van der Waals surface area (Å²) in [6.45, 7) is 3.31. The molecule has 0 bridgehead atoms. The Balaban J connectivity index is 1.51. The highest BCUT2D eigenvalue weighted by atomic mass is 16.5. The molecule has 2 fully saturated rings. The fourth-order valence-electron chi connectivity index (χ4n) is 3.76. The number of rotatable bonds is 4. The van der Waals surface area contributed by atoms with Gasteiger partial charge >= 0.3 is 0 Å².